The minimum absolute atomic E-state index is 0.319. The fraction of sp³-hybridized carbons (Fsp3) is 0.875. The lowest BCUT2D eigenvalue weighted by atomic mass is 9.74. The molecule has 0 radical (unpaired) electrons. The van der Waals surface area contributed by atoms with Crippen LogP contribution in [0.5, 0.6) is 0 Å². The lowest BCUT2D eigenvalue weighted by molar-refractivity contribution is -0.134. The van der Waals surface area contributed by atoms with E-state index in [0.717, 1.165) is 11.8 Å². The van der Waals surface area contributed by atoms with Gasteiger partial charge in [0.2, 0.25) is 5.91 Å². The Bertz CT molecular complexity index is 201. The van der Waals surface area contributed by atoms with E-state index in [1.54, 1.807) is 0 Å². The Kier molecular flexibility index (Phi) is 0.715. The van der Waals surface area contributed by atoms with Crippen molar-refractivity contribution in [2.45, 2.75) is 25.3 Å². The van der Waals surface area contributed by atoms with Gasteiger partial charge in [0.1, 0.15) is 0 Å². The van der Waals surface area contributed by atoms with E-state index >= 15 is 0 Å². The van der Waals surface area contributed by atoms with Crippen LogP contribution in [-0.2, 0) is 4.79 Å². The number of β-lactam (4-membered cyclic amide) rings is 1. The highest BCUT2D eigenvalue weighted by molar-refractivity contribution is 5.86. The predicted octanol–water partition coefficient (Wildman–Crippen LogP) is 0.531. The van der Waals surface area contributed by atoms with Gasteiger partial charge in [-0.15, -0.1) is 0 Å². The molecule has 3 aliphatic rings. The highest BCUT2D eigenvalue weighted by Crippen LogP contribution is 2.52. The molecule has 2 nitrogen and oxygen atoms in total. The molecule has 4 atom stereocenters. The Morgan fingerprint density at radius 2 is 2.30 bits per heavy atom. The lowest BCUT2D eigenvalue weighted by Crippen LogP contribution is -2.58. The van der Waals surface area contributed by atoms with E-state index in [0.29, 0.717) is 17.9 Å². The molecule has 0 aromatic heterocycles. The Labute approximate surface area is 60.0 Å². The molecule has 3 fully saturated rings. The second-order valence-corrected chi connectivity index (χ2v) is 3.88. The number of hydrogen-bond acceptors (Lipinski definition) is 1. The summed E-state index contributed by atoms with van der Waals surface area (Å²) in [6.45, 7) is 0. The van der Waals surface area contributed by atoms with Crippen LogP contribution in [0.3, 0.4) is 0 Å². The first-order valence-corrected chi connectivity index (χ1v) is 4.16. The van der Waals surface area contributed by atoms with Crippen LogP contribution in [0.15, 0.2) is 0 Å². The molecule has 3 rings (SSSR count). The fourth-order valence-corrected chi connectivity index (χ4v) is 2.78. The number of nitrogens with one attached hydrogen (secondary N) is 1. The SMILES string of the molecule is O=C1N[C@@H]2[C@@H]3CC[C@H]3C[C@@H]12. The zero-order valence-electron chi connectivity index (χ0n) is 5.84. The maximum atomic E-state index is 10.9. The monoisotopic (exact) mass is 137 g/mol. The summed E-state index contributed by atoms with van der Waals surface area (Å²) in [5.74, 6) is 2.54. The Balaban J connectivity index is 1.88. The predicted molar refractivity (Wildman–Crippen MR) is 36.3 cm³/mol. The van der Waals surface area contributed by atoms with Crippen LogP contribution in [0.1, 0.15) is 19.3 Å². The summed E-state index contributed by atoms with van der Waals surface area (Å²) in [7, 11) is 0. The standard InChI is InChI=1S/C8H11NO/c10-8-6-3-4-1-2-5(4)7(6)9-8/h4-7H,1-3H2,(H,9,10)/t4-,5+,6+,7+/m0/s1. The first-order chi connectivity index (χ1) is 4.86. The van der Waals surface area contributed by atoms with Gasteiger partial charge in [-0.2, -0.15) is 0 Å². The molecule has 0 bridgehead atoms. The van der Waals surface area contributed by atoms with Crippen LogP contribution in [0.2, 0.25) is 0 Å². The highest BCUT2D eigenvalue weighted by atomic mass is 16.2. The van der Waals surface area contributed by atoms with Crippen molar-refractivity contribution in [3.8, 4) is 0 Å². The number of carbonyl (C=O) groups excluding carboxylic acids is 1. The van der Waals surface area contributed by atoms with Crippen molar-refractivity contribution >= 4 is 5.91 Å². The first-order valence-electron chi connectivity index (χ1n) is 4.16. The van der Waals surface area contributed by atoms with Crippen molar-refractivity contribution in [3.05, 3.63) is 0 Å². The topological polar surface area (TPSA) is 29.1 Å². The number of fused-ring (bicyclic) bond motifs is 3. The van der Waals surface area contributed by atoms with E-state index in [2.05, 4.69) is 5.32 Å². The van der Waals surface area contributed by atoms with Gasteiger partial charge >= 0.3 is 0 Å². The molecule has 1 aliphatic heterocycles. The van der Waals surface area contributed by atoms with Gasteiger partial charge in [0.25, 0.3) is 0 Å². The normalized spacial score (nSPS) is 55.8. The van der Waals surface area contributed by atoms with E-state index in [1.807, 2.05) is 0 Å². The van der Waals surface area contributed by atoms with E-state index < -0.39 is 0 Å². The van der Waals surface area contributed by atoms with Crippen molar-refractivity contribution in [1.29, 1.82) is 0 Å². The summed E-state index contributed by atoms with van der Waals surface area (Å²) in [5.41, 5.74) is 0. The second-order valence-electron chi connectivity index (χ2n) is 3.88. The quantitative estimate of drug-likeness (QED) is 0.485. The zero-order chi connectivity index (χ0) is 6.72. The largest absolute Gasteiger partial charge is 0.352 e. The van der Waals surface area contributed by atoms with E-state index in [9.17, 15) is 4.79 Å². The van der Waals surface area contributed by atoms with Crippen LogP contribution in [0.25, 0.3) is 0 Å². The van der Waals surface area contributed by atoms with Crippen molar-refractivity contribution in [2.75, 3.05) is 0 Å². The van der Waals surface area contributed by atoms with E-state index in [1.165, 1.54) is 19.3 Å². The maximum Gasteiger partial charge on any atom is 0.225 e. The Hall–Kier alpha value is -0.530. The molecule has 0 unspecified atom stereocenters. The number of carbonyl (C=O) groups is 1. The Morgan fingerprint density at radius 1 is 1.40 bits per heavy atom. The Morgan fingerprint density at radius 3 is 2.80 bits per heavy atom. The highest BCUT2D eigenvalue weighted by Gasteiger charge is 2.56. The average molecular weight is 137 g/mol. The van der Waals surface area contributed by atoms with Crippen molar-refractivity contribution < 1.29 is 4.79 Å². The number of hydrogen-bond donors (Lipinski definition) is 1. The maximum absolute atomic E-state index is 10.9. The molecule has 2 heteroatoms. The second kappa shape index (κ2) is 1.39. The molecule has 0 aromatic carbocycles. The molecular formula is C8H11NO. The summed E-state index contributed by atoms with van der Waals surface area (Å²) in [5, 5.41) is 3.00. The third-order valence-electron chi connectivity index (χ3n) is 3.57. The molecule has 1 heterocycles. The molecular weight excluding hydrogens is 126 g/mol. The number of amides is 1. The molecule has 1 saturated heterocycles. The van der Waals surface area contributed by atoms with Gasteiger partial charge in [-0.05, 0) is 31.1 Å². The van der Waals surface area contributed by atoms with Gasteiger partial charge in [-0.1, -0.05) is 0 Å². The van der Waals surface area contributed by atoms with Gasteiger partial charge in [0.15, 0.2) is 0 Å². The molecule has 54 valence electrons. The smallest absolute Gasteiger partial charge is 0.225 e. The summed E-state index contributed by atoms with van der Waals surface area (Å²) < 4.78 is 0. The van der Waals surface area contributed by atoms with Gasteiger partial charge < -0.3 is 5.32 Å². The lowest BCUT2D eigenvalue weighted by Gasteiger charge is -2.38. The molecule has 2 saturated carbocycles. The van der Waals surface area contributed by atoms with Crippen LogP contribution in [0.4, 0.5) is 0 Å². The molecule has 0 spiro atoms. The number of rotatable bonds is 0. The summed E-state index contributed by atoms with van der Waals surface area (Å²) in [6.07, 6.45) is 3.94. The van der Waals surface area contributed by atoms with Gasteiger partial charge in [-0.3, -0.25) is 4.79 Å². The van der Waals surface area contributed by atoms with Crippen LogP contribution < -0.4 is 5.32 Å². The van der Waals surface area contributed by atoms with Gasteiger partial charge in [0.05, 0.1) is 5.92 Å². The van der Waals surface area contributed by atoms with E-state index in [4.69, 9.17) is 0 Å². The summed E-state index contributed by atoms with van der Waals surface area (Å²) >= 11 is 0. The third kappa shape index (κ3) is 0.386. The average Bonchev–Trinajstić information content (AvgIpc) is 2.01. The van der Waals surface area contributed by atoms with Crippen molar-refractivity contribution in [1.82, 2.24) is 5.32 Å². The van der Waals surface area contributed by atoms with Gasteiger partial charge in [0, 0.05) is 6.04 Å². The third-order valence-corrected chi connectivity index (χ3v) is 3.57. The first kappa shape index (κ1) is 5.16. The van der Waals surface area contributed by atoms with Crippen LogP contribution in [-0.4, -0.2) is 11.9 Å². The molecule has 0 aromatic rings. The molecule has 1 amide bonds. The fourth-order valence-electron chi connectivity index (χ4n) is 2.78. The molecule has 10 heavy (non-hydrogen) atoms. The minimum atomic E-state index is 0.319. The van der Waals surface area contributed by atoms with Crippen molar-refractivity contribution in [2.24, 2.45) is 17.8 Å². The molecule has 1 N–H and O–H groups in total. The summed E-state index contributed by atoms with van der Waals surface area (Å²) in [4.78, 5) is 10.9. The van der Waals surface area contributed by atoms with Crippen LogP contribution >= 0.6 is 0 Å². The minimum Gasteiger partial charge on any atom is -0.352 e. The summed E-state index contributed by atoms with van der Waals surface area (Å²) in [6, 6.07) is 0.603. The van der Waals surface area contributed by atoms with Gasteiger partial charge in [-0.25, -0.2) is 0 Å². The molecule has 2 aliphatic carbocycles. The zero-order valence-corrected chi connectivity index (χ0v) is 5.84. The van der Waals surface area contributed by atoms with E-state index in [-0.39, 0.29) is 0 Å². The van der Waals surface area contributed by atoms with Crippen molar-refractivity contribution in [3.63, 3.8) is 0 Å². The van der Waals surface area contributed by atoms with Crippen LogP contribution in [0, 0.1) is 17.8 Å².